The fourth-order valence-electron chi connectivity index (χ4n) is 4.85. The molecule has 2 bridgehead atoms. The summed E-state index contributed by atoms with van der Waals surface area (Å²) in [5, 5.41) is 2.54. The number of nitrogens with zero attached hydrogens (tertiary/aromatic N) is 3. The molecule has 3 aliphatic rings. The number of fused-ring (bicyclic) bond motifs is 2. The number of amides is 1. The minimum atomic E-state index is -3.16. The van der Waals surface area contributed by atoms with Crippen molar-refractivity contribution in [2.45, 2.75) is 57.3 Å². The molecule has 6 rings (SSSR count). The monoisotopic (exact) mass is 476 g/mol. The van der Waals surface area contributed by atoms with E-state index in [2.05, 4.69) is 20.0 Å². The van der Waals surface area contributed by atoms with E-state index in [-0.39, 0.29) is 33.7 Å². The van der Waals surface area contributed by atoms with Gasteiger partial charge >= 0.3 is 6.61 Å². The summed E-state index contributed by atoms with van der Waals surface area (Å²) in [6, 6.07) is 2.68. The second kappa shape index (κ2) is 7.86. The highest BCUT2D eigenvalue weighted by atomic mass is 19.3. The first-order valence-electron chi connectivity index (χ1n) is 10.8. The van der Waals surface area contributed by atoms with Gasteiger partial charge in [0.2, 0.25) is 11.7 Å². The zero-order valence-corrected chi connectivity index (χ0v) is 18.8. The van der Waals surface area contributed by atoms with Crippen LogP contribution in [0.15, 0.2) is 30.7 Å². The van der Waals surface area contributed by atoms with Crippen LogP contribution in [0.1, 0.15) is 49.7 Å². The van der Waals surface area contributed by atoms with Gasteiger partial charge < -0.3 is 23.9 Å². The summed E-state index contributed by atoms with van der Waals surface area (Å²) in [4.78, 5) is 21.1. The van der Waals surface area contributed by atoms with Gasteiger partial charge in [-0.25, -0.2) is 9.97 Å². The van der Waals surface area contributed by atoms with E-state index in [0.29, 0.717) is 12.3 Å². The van der Waals surface area contributed by atoms with Crippen molar-refractivity contribution in [2.24, 2.45) is 0 Å². The third-order valence-corrected chi connectivity index (χ3v) is 6.12. The van der Waals surface area contributed by atoms with Gasteiger partial charge in [0.15, 0.2) is 11.4 Å². The van der Waals surface area contributed by atoms with E-state index in [1.165, 1.54) is 28.9 Å². The third kappa shape index (κ3) is 3.73. The number of rotatable bonds is 7. The number of pyridine rings is 2. The van der Waals surface area contributed by atoms with E-state index in [0.717, 1.165) is 12.8 Å². The van der Waals surface area contributed by atoms with Crippen LogP contribution in [0.5, 0.6) is 11.6 Å². The topological polar surface area (TPSA) is 87.0 Å². The van der Waals surface area contributed by atoms with Gasteiger partial charge in [0, 0.05) is 24.0 Å². The lowest BCUT2D eigenvalue weighted by atomic mass is 9.62. The number of alkyl halides is 2. The van der Waals surface area contributed by atoms with Crippen molar-refractivity contribution in [3.05, 3.63) is 47.8 Å². The van der Waals surface area contributed by atoms with Gasteiger partial charge in [0.25, 0.3) is 5.91 Å². The minimum absolute atomic E-state index is 0.0121. The lowest BCUT2D eigenvalue weighted by Crippen LogP contribution is -2.45. The fraction of sp³-hybridized carbons (Fsp3) is 0.435. The predicted molar refractivity (Wildman–Crippen MR) is 115 cm³/mol. The van der Waals surface area contributed by atoms with Crippen LogP contribution in [0.2, 0.25) is 0 Å². The van der Waals surface area contributed by atoms with E-state index >= 15 is 4.39 Å². The Hall–Kier alpha value is -3.34. The maximum Gasteiger partial charge on any atom is 0.388 e. The van der Waals surface area contributed by atoms with E-state index < -0.39 is 30.3 Å². The molecular weight excluding hydrogens is 453 g/mol. The number of carbonyl (C=O) groups excluding carboxylic acids is 1. The zero-order chi connectivity index (χ0) is 24.3. The fourth-order valence-corrected chi connectivity index (χ4v) is 4.85. The molecule has 0 radical (unpaired) electrons. The largest absolute Gasteiger partial charge is 0.486 e. The third-order valence-electron chi connectivity index (χ3n) is 6.12. The lowest BCUT2D eigenvalue weighted by molar-refractivity contribution is -0.0531. The predicted octanol–water partition coefficient (Wildman–Crippen LogP) is 4.33. The van der Waals surface area contributed by atoms with Crippen molar-refractivity contribution in [3.8, 4) is 11.6 Å². The number of hydrogen-bond donors (Lipinski definition) is 1. The van der Waals surface area contributed by atoms with Crippen LogP contribution in [0, 0.1) is 5.82 Å². The first-order valence-corrected chi connectivity index (χ1v) is 10.8. The van der Waals surface area contributed by atoms with Gasteiger partial charge in [0.05, 0.1) is 24.0 Å². The van der Waals surface area contributed by atoms with Crippen LogP contribution < -0.4 is 14.8 Å². The summed E-state index contributed by atoms with van der Waals surface area (Å²) in [6.45, 7) is 2.83. The second-order valence-corrected chi connectivity index (χ2v) is 9.27. The van der Waals surface area contributed by atoms with Crippen LogP contribution in [0.25, 0.3) is 5.65 Å². The summed E-state index contributed by atoms with van der Waals surface area (Å²) in [5.41, 5.74) is 0.120. The quantitative estimate of drug-likeness (QED) is 0.546. The summed E-state index contributed by atoms with van der Waals surface area (Å²) >= 11 is 0. The van der Waals surface area contributed by atoms with E-state index in [9.17, 15) is 13.6 Å². The number of carbonyl (C=O) groups is 1. The first-order chi connectivity index (χ1) is 16.1. The Kier molecular flexibility index (Phi) is 5.19. The number of imidazole rings is 1. The van der Waals surface area contributed by atoms with Crippen LogP contribution in [0.4, 0.5) is 18.9 Å². The van der Waals surface area contributed by atoms with Crippen LogP contribution in [-0.4, -0.2) is 45.2 Å². The van der Waals surface area contributed by atoms with Crippen molar-refractivity contribution >= 4 is 17.2 Å². The molecule has 2 saturated heterocycles. The molecule has 1 amide bonds. The molecular formula is C23H23F3N4O4. The summed E-state index contributed by atoms with van der Waals surface area (Å²) < 4.78 is 58.4. The van der Waals surface area contributed by atoms with Crippen LogP contribution in [-0.2, 0) is 10.2 Å². The van der Waals surface area contributed by atoms with Crippen molar-refractivity contribution < 1.29 is 32.2 Å². The van der Waals surface area contributed by atoms with Gasteiger partial charge in [-0.05, 0) is 45.7 Å². The number of halogens is 3. The molecule has 34 heavy (non-hydrogen) atoms. The molecule has 180 valence electrons. The van der Waals surface area contributed by atoms with Crippen molar-refractivity contribution in [1.82, 2.24) is 14.4 Å². The zero-order valence-electron chi connectivity index (χ0n) is 18.8. The second-order valence-electron chi connectivity index (χ2n) is 9.27. The Balaban J connectivity index is 1.53. The summed E-state index contributed by atoms with van der Waals surface area (Å²) in [5.74, 6) is -2.30. The number of aromatic nitrogens is 3. The molecule has 5 heterocycles. The molecule has 2 aliphatic heterocycles. The Morgan fingerprint density at radius 1 is 1.26 bits per heavy atom. The van der Waals surface area contributed by atoms with Crippen molar-refractivity contribution in [3.63, 3.8) is 0 Å². The Labute approximate surface area is 193 Å². The van der Waals surface area contributed by atoms with Crippen LogP contribution in [0.3, 0.4) is 0 Å². The van der Waals surface area contributed by atoms with Crippen LogP contribution >= 0.6 is 0 Å². The molecule has 0 atom stereocenters. The number of hydrogen-bond acceptors (Lipinski definition) is 6. The molecule has 3 fully saturated rings. The van der Waals surface area contributed by atoms with Gasteiger partial charge in [-0.2, -0.15) is 13.2 Å². The Morgan fingerprint density at radius 3 is 2.68 bits per heavy atom. The van der Waals surface area contributed by atoms with Crippen molar-refractivity contribution in [1.29, 1.82) is 0 Å². The normalized spacial score (nSPS) is 23.4. The first kappa shape index (κ1) is 22.5. The smallest absolute Gasteiger partial charge is 0.388 e. The Bertz CT molecular complexity index is 1270. The van der Waals surface area contributed by atoms with Gasteiger partial charge in [-0.15, -0.1) is 0 Å². The van der Waals surface area contributed by atoms with E-state index in [1.807, 2.05) is 6.92 Å². The highest BCUT2D eigenvalue weighted by Crippen LogP contribution is 2.58. The molecule has 0 aromatic carbocycles. The molecule has 3 aromatic heterocycles. The molecule has 8 nitrogen and oxygen atoms in total. The summed E-state index contributed by atoms with van der Waals surface area (Å²) in [6.07, 6.45) is 5.62. The van der Waals surface area contributed by atoms with E-state index in [4.69, 9.17) is 9.47 Å². The number of anilines is 1. The molecule has 1 N–H and O–H groups in total. The number of nitrogens with one attached hydrogen (secondary N) is 1. The highest BCUT2D eigenvalue weighted by molar-refractivity contribution is 6.06. The molecule has 11 heteroatoms. The molecule has 0 unspecified atom stereocenters. The van der Waals surface area contributed by atoms with Gasteiger partial charge in [0.1, 0.15) is 11.3 Å². The summed E-state index contributed by atoms with van der Waals surface area (Å²) in [7, 11) is 0. The maximum absolute atomic E-state index is 15.6. The van der Waals surface area contributed by atoms with Crippen molar-refractivity contribution in [2.75, 3.05) is 11.9 Å². The molecule has 1 aliphatic carbocycles. The highest BCUT2D eigenvalue weighted by Gasteiger charge is 2.61. The van der Waals surface area contributed by atoms with Gasteiger partial charge in [-0.1, -0.05) is 0 Å². The molecule has 0 spiro atoms. The number of ether oxygens (including phenoxy) is 3. The average Bonchev–Trinajstić information content (AvgIpc) is 3.41. The maximum atomic E-state index is 15.6. The SMILES string of the molecule is CC(C)Oc1c(NC(=O)c2cccnc2OC(F)F)cn2cc(C34COC(C)(C3)C4)nc2c1F. The van der Waals surface area contributed by atoms with E-state index in [1.54, 1.807) is 20.0 Å². The standard InChI is InChI=1S/C23H23F3N4O4/c1-12(2)33-17-14(28-19(31)13-5-4-6-27-20(13)34-21(25)26)7-30-8-15(29-18(30)16(17)24)23-9-22(3,10-23)32-11-23/h4-8,12,21H,9-11H2,1-3H3,(H,28,31). The molecule has 1 saturated carbocycles. The minimum Gasteiger partial charge on any atom is -0.486 e. The molecule has 3 aromatic rings. The van der Waals surface area contributed by atoms with Gasteiger partial charge in [-0.3, -0.25) is 4.79 Å². The lowest BCUT2D eigenvalue weighted by Gasteiger charge is -2.41. The average molecular weight is 476 g/mol. The Morgan fingerprint density at radius 2 is 2.03 bits per heavy atom.